The number of methoxy groups -OCH3 is 1. The molecule has 2 aromatic carbocycles. The Balaban J connectivity index is 1.96. The Hall–Kier alpha value is -3.54. The molecule has 1 heterocycles. The molecule has 2 amide bonds. The monoisotopic (exact) mass is 391 g/mol. The molecule has 3 aromatic rings. The van der Waals surface area contributed by atoms with Crippen molar-refractivity contribution in [2.24, 2.45) is 0 Å². The van der Waals surface area contributed by atoms with Crippen molar-refractivity contribution in [3.63, 3.8) is 0 Å². The van der Waals surface area contributed by atoms with Crippen molar-refractivity contribution >= 4 is 23.2 Å². The Kier molecular flexibility index (Phi) is 5.73. The van der Waals surface area contributed by atoms with Gasteiger partial charge in [-0.1, -0.05) is 12.1 Å². The number of hydrogen-bond donors (Lipinski definition) is 2. The highest BCUT2D eigenvalue weighted by Gasteiger charge is 2.18. The van der Waals surface area contributed by atoms with E-state index >= 15 is 0 Å². The second-order valence-corrected chi connectivity index (χ2v) is 7.01. The second-order valence-electron chi connectivity index (χ2n) is 7.01. The quantitative estimate of drug-likeness (QED) is 0.666. The summed E-state index contributed by atoms with van der Waals surface area (Å²) in [4.78, 5) is 24.6. The van der Waals surface area contributed by atoms with Gasteiger partial charge in [0.1, 0.15) is 5.75 Å². The normalized spacial score (nSPS) is 10.5. The predicted molar refractivity (Wildman–Crippen MR) is 115 cm³/mol. The van der Waals surface area contributed by atoms with E-state index in [4.69, 9.17) is 4.74 Å². The van der Waals surface area contributed by atoms with Crippen LogP contribution in [-0.4, -0.2) is 23.5 Å². The summed E-state index contributed by atoms with van der Waals surface area (Å²) in [6.07, 6.45) is 0. The van der Waals surface area contributed by atoms with Gasteiger partial charge in [-0.05, 0) is 56.7 Å². The van der Waals surface area contributed by atoms with Gasteiger partial charge in [-0.15, -0.1) is 0 Å². The number of rotatable bonds is 5. The zero-order chi connectivity index (χ0) is 21.1. The number of carbonyl (C=O) groups excluding carboxylic acids is 2. The number of aromatic nitrogens is 1. The molecular weight excluding hydrogens is 366 g/mol. The van der Waals surface area contributed by atoms with Crippen molar-refractivity contribution in [3.05, 3.63) is 71.0 Å². The highest BCUT2D eigenvalue weighted by atomic mass is 16.5. The molecule has 2 N–H and O–H groups in total. The largest absolute Gasteiger partial charge is 0.497 e. The van der Waals surface area contributed by atoms with E-state index in [-0.39, 0.29) is 11.8 Å². The van der Waals surface area contributed by atoms with Gasteiger partial charge in [0.25, 0.3) is 5.91 Å². The summed E-state index contributed by atoms with van der Waals surface area (Å²) < 4.78 is 7.31. The van der Waals surface area contributed by atoms with Crippen molar-refractivity contribution < 1.29 is 14.3 Å². The fourth-order valence-electron chi connectivity index (χ4n) is 3.40. The smallest absolute Gasteiger partial charge is 0.257 e. The van der Waals surface area contributed by atoms with Crippen LogP contribution in [0.4, 0.5) is 11.4 Å². The fraction of sp³-hybridized carbons (Fsp3) is 0.217. The van der Waals surface area contributed by atoms with Crippen molar-refractivity contribution in [2.75, 3.05) is 17.7 Å². The van der Waals surface area contributed by atoms with E-state index in [1.807, 2.05) is 45.0 Å². The molecule has 0 aliphatic heterocycles. The van der Waals surface area contributed by atoms with E-state index in [9.17, 15) is 9.59 Å². The minimum absolute atomic E-state index is 0.219. The van der Waals surface area contributed by atoms with Crippen LogP contribution in [-0.2, 0) is 4.79 Å². The fourth-order valence-corrected chi connectivity index (χ4v) is 3.40. The van der Waals surface area contributed by atoms with E-state index in [1.165, 1.54) is 6.92 Å². The van der Waals surface area contributed by atoms with Crippen molar-refractivity contribution in [1.82, 2.24) is 4.57 Å². The summed E-state index contributed by atoms with van der Waals surface area (Å²) in [5.74, 6) is 0.111. The number of hydrogen-bond acceptors (Lipinski definition) is 3. The van der Waals surface area contributed by atoms with Crippen molar-refractivity contribution in [3.8, 4) is 11.4 Å². The third kappa shape index (κ3) is 4.32. The summed E-state index contributed by atoms with van der Waals surface area (Å²) >= 11 is 0. The number of benzene rings is 2. The Morgan fingerprint density at radius 1 is 0.931 bits per heavy atom. The summed E-state index contributed by atoms with van der Waals surface area (Å²) in [5, 5.41) is 5.63. The number of anilines is 2. The summed E-state index contributed by atoms with van der Waals surface area (Å²) in [6.45, 7) is 7.36. The minimum atomic E-state index is -0.253. The molecule has 0 fully saturated rings. The third-order valence-corrected chi connectivity index (χ3v) is 4.72. The van der Waals surface area contributed by atoms with E-state index in [2.05, 4.69) is 21.3 Å². The van der Waals surface area contributed by atoms with Gasteiger partial charge in [0.15, 0.2) is 0 Å². The van der Waals surface area contributed by atoms with Gasteiger partial charge in [-0.3, -0.25) is 9.59 Å². The molecular formula is C23H25N3O3. The number of ether oxygens (including phenoxy) is 1. The molecule has 0 aliphatic rings. The first-order valence-corrected chi connectivity index (χ1v) is 9.33. The summed E-state index contributed by atoms with van der Waals surface area (Å²) in [6, 6.07) is 15.1. The van der Waals surface area contributed by atoms with Gasteiger partial charge in [0.2, 0.25) is 5.91 Å². The first-order chi connectivity index (χ1) is 13.8. The van der Waals surface area contributed by atoms with Crippen LogP contribution in [0.15, 0.2) is 48.5 Å². The lowest BCUT2D eigenvalue weighted by molar-refractivity contribution is -0.114. The molecule has 0 radical (unpaired) electrons. The van der Waals surface area contributed by atoms with Gasteiger partial charge in [-0.25, -0.2) is 0 Å². The molecule has 150 valence electrons. The maximum Gasteiger partial charge on any atom is 0.257 e. The van der Waals surface area contributed by atoms with Crippen LogP contribution in [0.1, 0.15) is 34.2 Å². The Morgan fingerprint density at radius 3 is 2.34 bits per heavy atom. The third-order valence-electron chi connectivity index (χ3n) is 4.72. The van der Waals surface area contributed by atoms with Crippen LogP contribution < -0.4 is 15.4 Å². The molecule has 6 heteroatoms. The molecule has 0 saturated heterocycles. The Morgan fingerprint density at radius 2 is 1.69 bits per heavy atom. The maximum absolute atomic E-state index is 13.1. The minimum Gasteiger partial charge on any atom is -0.497 e. The zero-order valence-corrected chi connectivity index (χ0v) is 17.3. The number of amides is 2. The van der Waals surface area contributed by atoms with Crippen LogP contribution in [0.5, 0.6) is 5.75 Å². The summed E-state index contributed by atoms with van der Waals surface area (Å²) in [5.41, 5.74) is 5.53. The van der Waals surface area contributed by atoms with Gasteiger partial charge in [0.05, 0.1) is 24.0 Å². The van der Waals surface area contributed by atoms with E-state index in [1.54, 1.807) is 25.3 Å². The molecule has 0 aliphatic carbocycles. The van der Waals surface area contributed by atoms with Crippen LogP contribution in [0.2, 0.25) is 0 Å². The Bertz CT molecular complexity index is 1080. The van der Waals surface area contributed by atoms with E-state index in [0.29, 0.717) is 22.7 Å². The molecule has 0 spiro atoms. The molecule has 0 bridgehead atoms. The molecule has 0 unspecified atom stereocenters. The zero-order valence-electron chi connectivity index (χ0n) is 17.3. The Labute approximate surface area is 170 Å². The molecule has 3 rings (SSSR count). The average molecular weight is 391 g/mol. The molecule has 0 atom stereocenters. The van der Waals surface area contributed by atoms with Gasteiger partial charge < -0.3 is 19.9 Å². The number of nitrogens with zero attached hydrogens (tertiary/aromatic N) is 1. The molecule has 0 saturated carbocycles. The first kappa shape index (κ1) is 20.2. The average Bonchev–Trinajstić information content (AvgIpc) is 2.97. The number of aryl methyl sites for hydroxylation is 2. The molecule has 6 nitrogen and oxygen atoms in total. The highest BCUT2D eigenvalue weighted by Crippen LogP contribution is 2.29. The second kappa shape index (κ2) is 8.22. The topological polar surface area (TPSA) is 72.4 Å². The molecule has 1 aromatic heterocycles. The van der Waals surface area contributed by atoms with E-state index in [0.717, 1.165) is 22.6 Å². The first-order valence-electron chi connectivity index (χ1n) is 9.33. The van der Waals surface area contributed by atoms with Crippen LogP contribution in [0, 0.1) is 20.8 Å². The van der Waals surface area contributed by atoms with Crippen LogP contribution in [0.3, 0.4) is 0 Å². The standard InChI is InChI=1S/C23H25N3O3/c1-14-7-6-8-18(11-14)26-15(2)12-20(16(26)3)23(28)25-22-13-19(29-5)9-10-21(22)24-17(4)27/h6-13H,1-5H3,(H,24,27)(H,25,28). The lowest BCUT2D eigenvalue weighted by Crippen LogP contribution is -2.16. The van der Waals surface area contributed by atoms with Crippen molar-refractivity contribution in [1.29, 1.82) is 0 Å². The predicted octanol–water partition coefficient (Wildman–Crippen LogP) is 4.62. The maximum atomic E-state index is 13.1. The molecule has 29 heavy (non-hydrogen) atoms. The highest BCUT2D eigenvalue weighted by molar-refractivity contribution is 6.08. The lowest BCUT2D eigenvalue weighted by atomic mass is 10.2. The van der Waals surface area contributed by atoms with Gasteiger partial charge in [-0.2, -0.15) is 0 Å². The van der Waals surface area contributed by atoms with Crippen molar-refractivity contribution in [2.45, 2.75) is 27.7 Å². The van der Waals surface area contributed by atoms with Crippen LogP contribution in [0.25, 0.3) is 5.69 Å². The SMILES string of the molecule is COc1ccc(NC(C)=O)c(NC(=O)c2cc(C)n(-c3cccc(C)c3)c2C)c1. The lowest BCUT2D eigenvalue weighted by Gasteiger charge is -2.14. The van der Waals surface area contributed by atoms with Gasteiger partial charge in [0, 0.05) is 30.1 Å². The number of nitrogens with one attached hydrogen (secondary N) is 2. The number of carbonyl (C=O) groups is 2. The van der Waals surface area contributed by atoms with Crippen LogP contribution >= 0.6 is 0 Å². The van der Waals surface area contributed by atoms with E-state index < -0.39 is 0 Å². The van der Waals surface area contributed by atoms with Gasteiger partial charge >= 0.3 is 0 Å². The summed E-state index contributed by atoms with van der Waals surface area (Å²) in [7, 11) is 1.55.